The summed E-state index contributed by atoms with van der Waals surface area (Å²) in [6.07, 6.45) is 0. The first kappa shape index (κ1) is 18.0. The van der Waals surface area contributed by atoms with E-state index in [1.54, 1.807) is 24.3 Å². The molecular weight excluding hydrogens is 372 g/mol. The number of ether oxygens (including phenoxy) is 2. The molecule has 1 heterocycles. The normalized spacial score (nSPS) is 10.6. The van der Waals surface area contributed by atoms with Crippen LogP contribution in [0.15, 0.2) is 72.8 Å². The minimum absolute atomic E-state index is 0.219. The van der Waals surface area contributed by atoms with Crippen LogP contribution >= 0.6 is 11.3 Å². The van der Waals surface area contributed by atoms with E-state index in [1.807, 2.05) is 55.5 Å². The van der Waals surface area contributed by atoms with E-state index in [0.29, 0.717) is 23.1 Å². The van der Waals surface area contributed by atoms with Gasteiger partial charge in [-0.2, -0.15) is 0 Å². The molecule has 4 aromatic rings. The Kier molecular flexibility index (Phi) is 5.21. The van der Waals surface area contributed by atoms with E-state index in [4.69, 9.17) is 9.47 Å². The maximum absolute atomic E-state index is 12.6. The lowest BCUT2D eigenvalue weighted by Gasteiger charge is -2.06. The molecule has 6 heteroatoms. The number of carbonyl (C=O) groups excluding carboxylic acids is 1. The second-order valence-electron chi connectivity index (χ2n) is 5.95. The first-order valence-corrected chi connectivity index (χ1v) is 9.71. The number of thiazole rings is 1. The highest BCUT2D eigenvalue weighted by atomic mass is 32.1. The number of hydrogen-bond acceptors (Lipinski definition) is 5. The van der Waals surface area contributed by atoms with Gasteiger partial charge in [-0.1, -0.05) is 35.6 Å². The fourth-order valence-corrected chi connectivity index (χ4v) is 3.60. The Balaban J connectivity index is 1.47. The summed E-state index contributed by atoms with van der Waals surface area (Å²) in [5.74, 6) is 1.92. The molecule has 0 saturated carbocycles. The van der Waals surface area contributed by atoms with Crippen molar-refractivity contribution in [3.63, 3.8) is 0 Å². The number of aromatic nitrogens is 1. The lowest BCUT2D eigenvalue weighted by Crippen LogP contribution is -2.11. The van der Waals surface area contributed by atoms with Crippen LogP contribution in [0.25, 0.3) is 10.2 Å². The predicted octanol–water partition coefficient (Wildman–Crippen LogP) is 5.74. The van der Waals surface area contributed by atoms with E-state index in [1.165, 1.54) is 11.3 Å². The van der Waals surface area contributed by atoms with Crippen LogP contribution in [0, 0.1) is 0 Å². The second-order valence-corrected chi connectivity index (χ2v) is 6.98. The number of rotatable bonds is 6. The quantitative estimate of drug-likeness (QED) is 0.456. The van der Waals surface area contributed by atoms with Crippen LogP contribution in [-0.2, 0) is 0 Å². The zero-order valence-electron chi connectivity index (χ0n) is 15.2. The van der Waals surface area contributed by atoms with Crippen molar-refractivity contribution < 1.29 is 14.3 Å². The molecule has 0 bridgehead atoms. The van der Waals surface area contributed by atoms with E-state index in [0.717, 1.165) is 21.7 Å². The largest absolute Gasteiger partial charge is 0.492 e. The Bertz CT molecular complexity index is 1090. The molecule has 0 aliphatic carbocycles. The van der Waals surface area contributed by atoms with Gasteiger partial charge in [-0.05, 0) is 55.5 Å². The Hall–Kier alpha value is -3.38. The summed E-state index contributed by atoms with van der Waals surface area (Å²) >= 11 is 1.42. The Morgan fingerprint density at radius 1 is 0.964 bits per heavy atom. The molecule has 0 saturated heterocycles. The van der Waals surface area contributed by atoms with Crippen LogP contribution in [0.3, 0.4) is 0 Å². The van der Waals surface area contributed by atoms with Gasteiger partial charge in [0.15, 0.2) is 5.13 Å². The van der Waals surface area contributed by atoms with Crippen LogP contribution in [0.4, 0.5) is 5.13 Å². The van der Waals surface area contributed by atoms with Crippen molar-refractivity contribution >= 4 is 32.6 Å². The number of fused-ring (bicyclic) bond motifs is 1. The molecule has 0 aliphatic rings. The molecule has 1 N–H and O–H groups in total. The average molecular weight is 390 g/mol. The van der Waals surface area contributed by atoms with Gasteiger partial charge in [0.05, 0.1) is 11.3 Å². The topological polar surface area (TPSA) is 60.5 Å². The van der Waals surface area contributed by atoms with Crippen molar-refractivity contribution in [2.75, 3.05) is 11.9 Å². The molecule has 0 atom stereocenters. The van der Waals surface area contributed by atoms with Crippen LogP contribution in [0.5, 0.6) is 17.2 Å². The lowest BCUT2D eigenvalue weighted by atomic mass is 10.2. The first-order chi connectivity index (χ1) is 13.7. The highest BCUT2D eigenvalue weighted by Crippen LogP contribution is 2.32. The van der Waals surface area contributed by atoms with Crippen molar-refractivity contribution in [2.45, 2.75) is 6.92 Å². The molecule has 0 radical (unpaired) electrons. The zero-order chi connectivity index (χ0) is 19.3. The third-order valence-corrected chi connectivity index (χ3v) is 4.93. The van der Waals surface area contributed by atoms with Crippen LogP contribution in [0.1, 0.15) is 17.3 Å². The van der Waals surface area contributed by atoms with Gasteiger partial charge in [0.2, 0.25) is 0 Å². The van der Waals surface area contributed by atoms with Gasteiger partial charge in [0.1, 0.15) is 22.8 Å². The molecule has 28 heavy (non-hydrogen) atoms. The van der Waals surface area contributed by atoms with Crippen molar-refractivity contribution in [2.24, 2.45) is 0 Å². The monoisotopic (exact) mass is 390 g/mol. The summed E-state index contributed by atoms with van der Waals surface area (Å²) in [5, 5.41) is 3.40. The molecule has 4 rings (SSSR count). The van der Waals surface area contributed by atoms with Crippen molar-refractivity contribution in [3.05, 3.63) is 78.4 Å². The van der Waals surface area contributed by atoms with Gasteiger partial charge < -0.3 is 9.47 Å². The summed E-state index contributed by atoms with van der Waals surface area (Å²) in [4.78, 5) is 17.1. The fraction of sp³-hybridized carbons (Fsp3) is 0.0909. The predicted molar refractivity (Wildman–Crippen MR) is 112 cm³/mol. The van der Waals surface area contributed by atoms with E-state index < -0.39 is 0 Å². The number of para-hydroxylation sites is 2. The second kappa shape index (κ2) is 8.10. The summed E-state index contributed by atoms with van der Waals surface area (Å²) < 4.78 is 12.3. The SMILES string of the molecule is CCOc1cccc2sc(NC(=O)c3ccc(Oc4ccccc4)cc3)nc12. The molecule has 1 amide bonds. The average Bonchev–Trinajstić information content (AvgIpc) is 3.13. The molecule has 0 fully saturated rings. The number of carbonyl (C=O) groups is 1. The summed E-state index contributed by atoms with van der Waals surface area (Å²) in [7, 11) is 0. The minimum Gasteiger partial charge on any atom is -0.492 e. The highest BCUT2D eigenvalue weighted by molar-refractivity contribution is 7.22. The maximum atomic E-state index is 12.6. The third-order valence-electron chi connectivity index (χ3n) is 4.00. The molecule has 140 valence electrons. The van der Waals surface area contributed by atoms with E-state index >= 15 is 0 Å². The number of nitrogens with zero attached hydrogens (tertiary/aromatic N) is 1. The number of hydrogen-bond donors (Lipinski definition) is 1. The highest BCUT2D eigenvalue weighted by Gasteiger charge is 2.12. The van der Waals surface area contributed by atoms with Crippen LogP contribution < -0.4 is 14.8 Å². The lowest BCUT2D eigenvalue weighted by molar-refractivity contribution is 0.102. The minimum atomic E-state index is -0.219. The number of anilines is 1. The van der Waals surface area contributed by atoms with Gasteiger partial charge in [0, 0.05) is 5.56 Å². The smallest absolute Gasteiger partial charge is 0.257 e. The molecule has 0 aliphatic heterocycles. The molecule has 0 spiro atoms. The number of nitrogens with one attached hydrogen (secondary N) is 1. The van der Waals surface area contributed by atoms with Crippen molar-refractivity contribution in [3.8, 4) is 17.2 Å². The van der Waals surface area contributed by atoms with Gasteiger partial charge >= 0.3 is 0 Å². The van der Waals surface area contributed by atoms with Gasteiger partial charge in [-0.25, -0.2) is 4.98 Å². The van der Waals surface area contributed by atoms with Gasteiger partial charge in [-0.3, -0.25) is 10.1 Å². The third kappa shape index (κ3) is 3.97. The number of amides is 1. The summed E-state index contributed by atoms with van der Waals surface area (Å²) in [5.41, 5.74) is 1.29. The van der Waals surface area contributed by atoms with Crippen LogP contribution in [-0.4, -0.2) is 17.5 Å². The summed E-state index contributed by atoms with van der Waals surface area (Å²) in [6.45, 7) is 2.49. The summed E-state index contributed by atoms with van der Waals surface area (Å²) in [6, 6.07) is 22.3. The Morgan fingerprint density at radius 2 is 1.71 bits per heavy atom. The Morgan fingerprint density at radius 3 is 2.46 bits per heavy atom. The van der Waals surface area contributed by atoms with E-state index in [-0.39, 0.29) is 5.91 Å². The standard InChI is InChI=1S/C22H18N2O3S/c1-2-26-18-9-6-10-19-20(18)23-22(28-19)24-21(25)15-11-13-17(14-12-15)27-16-7-4-3-5-8-16/h3-14H,2H2,1H3,(H,23,24,25). The molecule has 1 aromatic heterocycles. The molecule has 0 unspecified atom stereocenters. The maximum Gasteiger partial charge on any atom is 0.257 e. The molecule has 5 nitrogen and oxygen atoms in total. The first-order valence-electron chi connectivity index (χ1n) is 8.89. The number of benzene rings is 3. The van der Waals surface area contributed by atoms with E-state index in [2.05, 4.69) is 10.3 Å². The van der Waals surface area contributed by atoms with Crippen molar-refractivity contribution in [1.29, 1.82) is 0 Å². The zero-order valence-corrected chi connectivity index (χ0v) is 16.0. The Labute approximate surface area is 166 Å². The van der Waals surface area contributed by atoms with E-state index in [9.17, 15) is 4.79 Å². The van der Waals surface area contributed by atoms with Gasteiger partial charge in [0.25, 0.3) is 5.91 Å². The van der Waals surface area contributed by atoms with Gasteiger partial charge in [-0.15, -0.1) is 0 Å². The molecular formula is C22H18N2O3S. The van der Waals surface area contributed by atoms with Crippen molar-refractivity contribution in [1.82, 2.24) is 4.98 Å². The fourth-order valence-electron chi connectivity index (χ4n) is 2.72. The van der Waals surface area contributed by atoms with Crippen LogP contribution in [0.2, 0.25) is 0 Å². The molecule has 3 aromatic carbocycles.